The quantitative estimate of drug-likeness (QED) is 0.339. The Hall–Kier alpha value is -2.64. The smallest absolute Gasteiger partial charge is 0.147 e. The largest absolute Gasteiger partial charge is 0.506 e. The maximum absolute atomic E-state index is 10.1. The van der Waals surface area contributed by atoms with E-state index in [1.165, 1.54) is 0 Å². The standard InChI is InChI=1S/C21H15Br2N3O2/c1-12-3-2-8-26-11-17(25-21(12)26)13-4-6-15(7-5-13)24-10-14-9-16(22)20(28)18(23)19(14)27/h2-11,27-28H,1H3/b24-10+. The maximum Gasteiger partial charge on any atom is 0.147 e. The second kappa shape index (κ2) is 7.41. The molecule has 0 amide bonds. The third-order valence-corrected chi connectivity index (χ3v) is 5.75. The lowest BCUT2D eigenvalue weighted by atomic mass is 10.1. The molecule has 0 atom stereocenters. The number of benzene rings is 2. The lowest BCUT2D eigenvalue weighted by Gasteiger charge is -2.06. The van der Waals surface area contributed by atoms with Crippen LogP contribution in [0.5, 0.6) is 11.5 Å². The fraction of sp³-hybridized carbons (Fsp3) is 0.0476. The monoisotopic (exact) mass is 499 g/mol. The zero-order valence-corrected chi connectivity index (χ0v) is 17.9. The molecular formula is C21H15Br2N3O2. The van der Waals surface area contributed by atoms with E-state index in [-0.39, 0.29) is 16.0 Å². The van der Waals surface area contributed by atoms with Gasteiger partial charge in [-0.1, -0.05) is 18.2 Å². The molecule has 4 rings (SSSR count). The van der Waals surface area contributed by atoms with Gasteiger partial charge in [-0.2, -0.15) is 0 Å². The summed E-state index contributed by atoms with van der Waals surface area (Å²) in [6, 6.07) is 13.4. The first-order chi connectivity index (χ1) is 13.4. The average Bonchev–Trinajstić information content (AvgIpc) is 3.14. The summed E-state index contributed by atoms with van der Waals surface area (Å²) in [5.74, 6) is -0.122. The van der Waals surface area contributed by atoms with Crippen LogP contribution in [0.15, 0.2) is 68.8 Å². The van der Waals surface area contributed by atoms with Crippen LogP contribution in [-0.2, 0) is 0 Å². The van der Waals surface area contributed by atoms with Crippen molar-refractivity contribution in [2.45, 2.75) is 6.92 Å². The summed E-state index contributed by atoms with van der Waals surface area (Å²) in [6.07, 6.45) is 5.54. The van der Waals surface area contributed by atoms with Crippen molar-refractivity contribution in [1.29, 1.82) is 0 Å². The topological polar surface area (TPSA) is 70.1 Å². The van der Waals surface area contributed by atoms with E-state index in [1.54, 1.807) is 12.3 Å². The lowest BCUT2D eigenvalue weighted by Crippen LogP contribution is -1.86. The molecule has 5 nitrogen and oxygen atoms in total. The van der Waals surface area contributed by atoms with Crippen LogP contribution in [0.4, 0.5) is 5.69 Å². The van der Waals surface area contributed by atoms with E-state index in [0.29, 0.717) is 10.0 Å². The molecule has 2 aromatic carbocycles. The highest BCUT2D eigenvalue weighted by Crippen LogP contribution is 2.40. The fourth-order valence-corrected chi connectivity index (χ4v) is 4.02. The van der Waals surface area contributed by atoms with Crippen molar-refractivity contribution in [1.82, 2.24) is 9.38 Å². The number of fused-ring (bicyclic) bond motifs is 1. The molecule has 28 heavy (non-hydrogen) atoms. The van der Waals surface area contributed by atoms with Gasteiger partial charge in [0, 0.05) is 29.7 Å². The van der Waals surface area contributed by atoms with Crippen molar-refractivity contribution in [3.63, 3.8) is 0 Å². The number of imidazole rings is 1. The Morgan fingerprint density at radius 2 is 1.82 bits per heavy atom. The molecule has 7 heteroatoms. The van der Waals surface area contributed by atoms with Gasteiger partial charge >= 0.3 is 0 Å². The number of rotatable bonds is 3. The molecule has 0 spiro atoms. The van der Waals surface area contributed by atoms with Crippen LogP contribution in [0.2, 0.25) is 0 Å². The number of aromatic nitrogens is 2. The van der Waals surface area contributed by atoms with Crippen LogP contribution in [-0.4, -0.2) is 25.8 Å². The van der Waals surface area contributed by atoms with Crippen molar-refractivity contribution in [2.24, 2.45) is 4.99 Å². The number of hydrogen-bond donors (Lipinski definition) is 2. The summed E-state index contributed by atoms with van der Waals surface area (Å²) in [5.41, 5.74) is 5.19. The van der Waals surface area contributed by atoms with E-state index < -0.39 is 0 Å². The third kappa shape index (κ3) is 3.43. The van der Waals surface area contributed by atoms with Crippen molar-refractivity contribution in [3.05, 3.63) is 74.9 Å². The molecule has 0 aliphatic heterocycles. The van der Waals surface area contributed by atoms with Gasteiger partial charge in [-0.25, -0.2) is 4.98 Å². The molecule has 0 radical (unpaired) electrons. The van der Waals surface area contributed by atoms with Crippen molar-refractivity contribution >= 4 is 49.4 Å². The van der Waals surface area contributed by atoms with E-state index >= 15 is 0 Å². The van der Waals surface area contributed by atoms with Crippen LogP contribution >= 0.6 is 31.9 Å². The number of aryl methyl sites for hydroxylation is 1. The normalized spacial score (nSPS) is 11.5. The first-order valence-electron chi connectivity index (χ1n) is 8.43. The molecule has 0 aliphatic rings. The minimum Gasteiger partial charge on any atom is -0.506 e. The number of halogens is 2. The molecule has 0 bridgehead atoms. The highest BCUT2D eigenvalue weighted by molar-refractivity contribution is 9.11. The molecule has 2 N–H and O–H groups in total. The molecule has 0 saturated heterocycles. The summed E-state index contributed by atoms with van der Waals surface area (Å²) in [5, 5.41) is 19.9. The summed E-state index contributed by atoms with van der Waals surface area (Å²) < 4.78 is 2.71. The zero-order chi connectivity index (χ0) is 19.8. The van der Waals surface area contributed by atoms with Crippen LogP contribution in [0, 0.1) is 6.92 Å². The second-order valence-corrected chi connectivity index (χ2v) is 7.96. The van der Waals surface area contributed by atoms with Gasteiger partial charge in [-0.3, -0.25) is 4.99 Å². The minimum absolute atomic E-state index is 0.0540. The minimum atomic E-state index is -0.0684. The fourth-order valence-electron chi connectivity index (χ4n) is 2.87. The molecule has 0 fully saturated rings. The maximum atomic E-state index is 10.1. The second-order valence-electron chi connectivity index (χ2n) is 6.31. The zero-order valence-electron chi connectivity index (χ0n) is 14.8. The SMILES string of the molecule is Cc1cccn2cc(-c3ccc(/N=C/c4cc(Br)c(O)c(Br)c4O)cc3)nc12. The number of hydrogen-bond acceptors (Lipinski definition) is 4. The van der Waals surface area contributed by atoms with Crippen LogP contribution in [0.1, 0.15) is 11.1 Å². The molecule has 2 aromatic heterocycles. The van der Waals surface area contributed by atoms with E-state index in [1.807, 2.05) is 60.1 Å². The summed E-state index contributed by atoms with van der Waals surface area (Å²) in [4.78, 5) is 9.11. The Balaban J connectivity index is 1.61. The van der Waals surface area contributed by atoms with Gasteiger partial charge in [0.1, 0.15) is 21.6 Å². The first-order valence-corrected chi connectivity index (χ1v) is 10.0. The molecule has 4 aromatic rings. The van der Waals surface area contributed by atoms with Crippen LogP contribution in [0.3, 0.4) is 0 Å². The number of aromatic hydroxyl groups is 2. The van der Waals surface area contributed by atoms with Gasteiger partial charge < -0.3 is 14.6 Å². The van der Waals surface area contributed by atoms with Gasteiger partial charge in [0.15, 0.2) is 0 Å². The molecular weight excluding hydrogens is 486 g/mol. The molecule has 2 heterocycles. The lowest BCUT2D eigenvalue weighted by molar-refractivity contribution is 0.442. The highest BCUT2D eigenvalue weighted by atomic mass is 79.9. The Labute approximate surface area is 178 Å². The molecule has 0 saturated carbocycles. The Morgan fingerprint density at radius 3 is 2.54 bits per heavy atom. The molecule has 0 aliphatic carbocycles. The number of pyridine rings is 1. The van der Waals surface area contributed by atoms with Crippen molar-refractivity contribution < 1.29 is 10.2 Å². The van der Waals surface area contributed by atoms with E-state index in [4.69, 9.17) is 4.98 Å². The van der Waals surface area contributed by atoms with Gasteiger partial charge in [-0.15, -0.1) is 0 Å². The van der Waals surface area contributed by atoms with Gasteiger partial charge in [0.2, 0.25) is 0 Å². The van der Waals surface area contributed by atoms with Crippen molar-refractivity contribution in [2.75, 3.05) is 0 Å². The van der Waals surface area contributed by atoms with E-state index in [2.05, 4.69) is 36.9 Å². The van der Waals surface area contributed by atoms with Gasteiger partial charge in [-0.05, 0) is 68.6 Å². The number of phenolic OH excluding ortho intramolecular Hbond substituents is 2. The van der Waals surface area contributed by atoms with Crippen LogP contribution in [0.25, 0.3) is 16.9 Å². The summed E-state index contributed by atoms with van der Waals surface area (Å²) in [7, 11) is 0. The number of phenols is 2. The first kappa shape index (κ1) is 18.7. The third-order valence-electron chi connectivity index (χ3n) is 4.39. The number of nitrogens with zero attached hydrogens (tertiary/aromatic N) is 3. The summed E-state index contributed by atoms with van der Waals surface area (Å²) in [6.45, 7) is 2.04. The predicted octanol–water partition coefficient (Wildman–Crippen LogP) is 6.00. The Bertz CT molecular complexity index is 1210. The number of aliphatic imine (C=N–C) groups is 1. The van der Waals surface area contributed by atoms with Gasteiger partial charge in [0.25, 0.3) is 0 Å². The Kier molecular flexibility index (Phi) is 4.95. The Morgan fingerprint density at radius 1 is 1.07 bits per heavy atom. The van der Waals surface area contributed by atoms with Crippen molar-refractivity contribution in [3.8, 4) is 22.8 Å². The summed E-state index contributed by atoms with van der Waals surface area (Å²) >= 11 is 6.41. The van der Waals surface area contributed by atoms with E-state index in [0.717, 1.165) is 28.2 Å². The molecule has 0 unspecified atom stereocenters. The van der Waals surface area contributed by atoms with E-state index in [9.17, 15) is 10.2 Å². The van der Waals surface area contributed by atoms with Gasteiger partial charge in [0.05, 0.1) is 15.9 Å². The highest BCUT2D eigenvalue weighted by Gasteiger charge is 2.12. The average molecular weight is 501 g/mol. The molecule has 140 valence electrons. The predicted molar refractivity (Wildman–Crippen MR) is 118 cm³/mol. The van der Waals surface area contributed by atoms with Crippen LogP contribution < -0.4 is 0 Å².